The summed E-state index contributed by atoms with van der Waals surface area (Å²) in [5, 5.41) is 0. The normalized spacial score (nSPS) is 10.8. The van der Waals surface area contributed by atoms with E-state index in [1.165, 1.54) is 0 Å². The van der Waals surface area contributed by atoms with Gasteiger partial charge in [-0.1, -0.05) is 6.07 Å². The topological polar surface area (TPSA) is 92.6 Å². The molecule has 0 radical (unpaired) electrons. The van der Waals surface area contributed by atoms with E-state index in [2.05, 4.69) is 9.97 Å². The second kappa shape index (κ2) is 7.48. The molecule has 7 nitrogen and oxygen atoms in total. The van der Waals surface area contributed by atoms with E-state index in [0.29, 0.717) is 46.5 Å². The summed E-state index contributed by atoms with van der Waals surface area (Å²) in [6.45, 7) is 0.309. The molecule has 2 heterocycles. The van der Waals surface area contributed by atoms with Crippen molar-refractivity contribution in [3.63, 3.8) is 0 Å². The number of fused-ring (bicyclic) bond motifs is 1. The molecule has 0 saturated carbocycles. The van der Waals surface area contributed by atoms with Crippen molar-refractivity contribution in [3.05, 3.63) is 60.3 Å². The highest BCUT2D eigenvalue weighted by Gasteiger charge is 2.15. The van der Waals surface area contributed by atoms with Crippen LogP contribution in [0.2, 0.25) is 0 Å². The van der Waals surface area contributed by atoms with Gasteiger partial charge < -0.3 is 24.4 Å². The second-order valence-corrected chi connectivity index (χ2v) is 6.02. The SMILES string of the molecule is COc1ccc(COc2cccc3oc(-c4cccnc4N)nc23)c(OC)c1. The van der Waals surface area contributed by atoms with Gasteiger partial charge in [0.25, 0.3) is 0 Å². The maximum atomic E-state index is 6.01. The number of hydrogen-bond donors (Lipinski definition) is 1. The number of anilines is 1. The summed E-state index contributed by atoms with van der Waals surface area (Å²) in [4.78, 5) is 8.64. The molecule has 2 aromatic heterocycles. The molecule has 142 valence electrons. The highest BCUT2D eigenvalue weighted by atomic mass is 16.5. The van der Waals surface area contributed by atoms with Crippen LogP contribution < -0.4 is 19.9 Å². The van der Waals surface area contributed by atoms with Gasteiger partial charge >= 0.3 is 0 Å². The Morgan fingerprint density at radius 3 is 2.68 bits per heavy atom. The van der Waals surface area contributed by atoms with Gasteiger partial charge in [0.05, 0.1) is 19.8 Å². The van der Waals surface area contributed by atoms with Crippen molar-refractivity contribution in [3.8, 4) is 28.7 Å². The number of methoxy groups -OCH3 is 2. The van der Waals surface area contributed by atoms with Crippen LogP contribution >= 0.6 is 0 Å². The summed E-state index contributed by atoms with van der Waals surface area (Å²) in [5.74, 6) is 2.78. The minimum Gasteiger partial charge on any atom is -0.497 e. The lowest BCUT2D eigenvalue weighted by molar-refractivity contribution is 0.298. The van der Waals surface area contributed by atoms with Gasteiger partial charge in [0.15, 0.2) is 11.1 Å². The molecule has 0 saturated heterocycles. The molecule has 4 rings (SSSR count). The zero-order valence-electron chi connectivity index (χ0n) is 15.5. The van der Waals surface area contributed by atoms with Crippen LogP contribution in [0, 0.1) is 0 Å². The van der Waals surface area contributed by atoms with Gasteiger partial charge in [-0.2, -0.15) is 0 Å². The lowest BCUT2D eigenvalue weighted by Gasteiger charge is -2.11. The van der Waals surface area contributed by atoms with E-state index in [-0.39, 0.29) is 0 Å². The molecule has 0 amide bonds. The van der Waals surface area contributed by atoms with Crippen molar-refractivity contribution >= 4 is 16.9 Å². The summed E-state index contributed by atoms with van der Waals surface area (Å²) in [5.41, 5.74) is 8.69. The second-order valence-electron chi connectivity index (χ2n) is 6.02. The lowest BCUT2D eigenvalue weighted by Crippen LogP contribution is -1.99. The molecule has 0 spiro atoms. The molecule has 0 unspecified atom stereocenters. The monoisotopic (exact) mass is 377 g/mol. The molecule has 0 aliphatic rings. The Bertz CT molecular complexity index is 1120. The summed E-state index contributed by atoms with van der Waals surface area (Å²) < 4.78 is 22.5. The Kier molecular flexibility index (Phi) is 4.72. The maximum absolute atomic E-state index is 6.01. The number of nitrogens with zero attached hydrogens (tertiary/aromatic N) is 2. The molecule has 0 aliphatic carbocycles. The molecule has 2 N–H and O–H groups in total. The first-order chi connectivity index (χ1) is 13.7. The number of rotatable bonds is 6. The molecule has 2 aromatic carbocycles. The largest absolute Gasteiger partial charge is 0.497 e. The summed E-state index contributed by atoms with van der Waals surface area (Å²) in [7, 11) is 3.23. The van der Waals surface area contributed by atoms with Crippen LogP contribution in [0.4, 0.5) is 5.82 Å². The van der Waals surface area contributed by atoms with Crippen molar-refractivity contribution in [1.29, 1.82) is 0 Å². The molecular formula is C21H19N3O4. The molecule has 0 atom stereocenters. The van der Waals surface area contributed by atoms with Crippen molar-refractivity contribution in [1.82, 2.24) is 9.97 Å². The van der Waals surface area contributed by atoms with E-state index in [0.717, 1.165) is 11.3 Å². The van der Waals surface area contributed by atoms with Crippen LogP contribution in [0.15, 0.2) is 59.1 Å². The van der Waals surface area contributed by atoms with Crippen molar-refractivity contribution in [2.75, 3.05) is 20.0 Å². The van der Waals surface area contributed by atoms with E-state index >= 15 is 0 Å². The van der Waals surface area contributed by atoms with E-state index in [4.69, 9.17) is 24.4 Å². The van der Waals surface area contributed by atoms with E-state index in [1.807, 2.05) is 42.5 Å². The molecule has 0 aliphatic heterocycles. The van der Waals surface area contributed by atoms with Gasteiger partial charge in [-0.15, -0.1) is 0 Å². The fraction of sp³-hybridized carbons (Fsp3) is 0.143. The Balaban J connectivity index is 1.64. The van der Waals surface area contributed by atoms with Gasteiger partial charge in [0.1, 0.15) is 29.7 Å². The molecule has 7 heteroatoms. The number of nitrogens with two attached hydrogens (primary N) is 1. The van der Waals surface area contributed by atoms with E-state index in [9.17, 15) is 0 Å². The summed E-state index contributed by atoms with van der Waals surface area (Å²) in [6.07, 6.45) is 1.62. The molecule has 28 heavy (non-hydrogen) atoms. The third-order valence-electron chi connectivity index (χ3n) is 4.33. The standard InChI is InChI=1S/C21H19N3O4/c1-25-14-9-8-13(18(11-14)26-2)12-27-16-6-3-7-17-19(16)24-21(28-17)15-5-4-10-23-20(15)22/h3-11H,12H2,1-2H3,(H2,22,23). The predicted molar refractivity (Wildman–Crippen MR) is 106 cm³/mol. The first-order valence-corrected chi connectivity index (χ1v) is 8.63. The van der Waals surface area contributed by atoms with Crippen LogP contribution in [-0.4, -0.2) is 24.2 Å². The first kappa shape index (κ1) is 17.7. The Morgan fingerprint density at radius 2 is 1.89 bits per heavy atom. The Labute approximate surface area is 161 Å². The Hall–Kier alpha value is -3.74. The van der Waals surface area contributed by atoms with Crippen LogP contribution in [0.1, 0.15) is 5.56 Å². The van der Waals surface area contributed by atoms with Gasteiger partial charge in [0, 0.05) is 17.8 Å². The van der Waals surface area contributed by atoms with Crippen molar-refractivity contribution in [2.24, 2.45) is 0 Å². The van der Waals surface area contributed by atoms with Crippen molar-refractivity contribution in [2.45, 2.75) is 6.61 Å². The van der Waals surface area contributed by atoms with E-state index in [1.54, 1.807) is 26.5 Å². The van der Waals surface area contributed by atoms with Gasteiger partial charge in [-0.05, 0) is 36.4 Å². The van der Waals surface area contributed by atoms with E-state index < -0.39 is 0 Å². The number of nitrogen functional groups attached to an aromatic ring is 1. The van der Waals surface area contributed by atoms with Gasteiger partial charge in [0.2, 0.25) is 5.89 Å². The average molecular weight is 377 g/mol. The Morgan fingerprint density at radius 1 is 1.00 bits per heavy atom. The number of aromatic nitrogens is 2. The summed E-state index contributed by atoms with van der Waals surface area (Å²) in [6, 6.07) is 14.7. The number of benzene rings is 2. The molecule has 4 aromatic rings. The zero-order valence-corrected chi connectivity index (χ0v) is 15.5. The van der Waals surface area contributed by atoms with Crippen molar-refractivity contribution < 1.29 is 18.6 Å². The number of pyridine rings is 1. The number of para-hydroxylation sites is 1. The highest BCUT2D eigenvalue weighted by Crippen LogP contribution is 2.33. The number of oxazole rings is 1. The minimum absolute atomic E-state index is 0.309. The smallest absolute Gasteiger partial charge is 0.231 e. The van der Waals surface area contributed by atoms with Crippen LogP contribution in [0.25, 0.3) is 22.6 Å². The minimum atomic E-state index is 0.309. The van der Waals surface area contributed by atoms with Gasteiger partial charge in [-0.25, -0.2) is 9.97 Å². The third-order valence-corrected chi connectivity index (χ3v) is 4.33. The fourth-order valence-corrected chi connectivity index (χ4v) is 2.88. The first-order valence-electron chi connectivity index (χ1n) is 8.63. The average Bonchev–Trinajstić information content (AvgIpc) is 3.17. The lowest BCUT2D eigenvalue weighted by atomic mass is 10.2. The quantitative estimate of drug-likeness (QED) is 0.541. The highest BCUT2D eigenvalue weighted by molar-refractivity contribution is 5.83. The van der Waals surface area contributed by atoms with Gasteiger partial charge in [-0.3, -0.25) is 0 Å². The molecule has 0 bridgehead atoms. The van der Waals surface area contributed by atoms with Crippen LogP contribution in [0.3, 0.4) is 0 Å². The predicted octanol–water partition coefficient (Wildman–Crippen LogP) is 4.07. The maximum Gasteiger partial charge on any atom is 0.231 e. The summed E-state index contributed by atoms with van der Waals surface area (Å²) >= 11 is 0. The number of hydrogen-bond acceptors (Lipinski definition) is 7. The fourth-order valence-electron chi connectivity index (χ4n) is 2.88. The van der Waals surface area contributed by atoms with Crippen LogP contribution in [-0.2, 0) is 6.61 Å². The third kappa shape index (κ3) is 3.29. The zero-order chi connectivity index (χ0) is 19.5. The number of ether oxygens (including phenoxy) is 3. The van der Waals surface area contributed by atoms with Crippen LogP contribution in [0.5, 0.6) is 17.2 Å². The molecular weight excluding hydrogens is 358 g/mol. The molecule has 0 fully saturated rings.